The Hall–Kier alpha value is -1.32. The van der Waals surface area contributed by atoms with Crippen molar-refractivity contribution in [3.8, 4) is 0 Å². The van der Waals surface area contributed by atoms with Crippen molar-refractivity contribution in [1.82, 2.24) is 9.55 Å². The molecule has 0 N–H and O–H groups in total. The molecule has 0 amide bonds. The number of nitrogens with zero attached hydrogens (tertiary/aromatic N) is 2. The van der Waals surface area contributed by atoms with Gasteiger partial charge in [0.1, 0.15) is 0 Å². The normalized spacial score (nSPS) is 10.1. The lowest BCUT2D eigenvalue weighted by atomic mass is 10.2. The van der Waals surface area contributed by atoms with Crippen LogP contribution in [-0.2, 0) is 22.5 Å². The first-order chi connectivity index (χ1) is 6.19. The number of hydrogen-bond acceptors (Lipinski definition) is 3. The number of aryl methyl sites for hydroxylation is 1. The van der Waals surface area contributed by atoms with Crippen LogP contribution < -0.4 is 0 Å². The van der Waals surface area contributed by atoms with Crippen molar-refractivity contribution >= 4 is 5.97 Å². The molecule has 0 saturated heterocycles. The molecule has 1 heterocycles. The number of carbonyl (C=O) groups excluding carboxylic acids is 1. The van der Waals surface area contributed by atoms with Gasteiger partial charge in [0.05, 0.1) is 25.6 Å². The highest BCUT2D eigenvalue weighted by molar-refractivity contribution is 5.72. The van der Waals surface area contributed by atoms with Gasteiger partial charge in [-0.15, -0.1) is 0 Å². The molecule has 0 aliphatic heterocycles. The van der Waals surface area contributed by atoms with Crippen LogP contribution in [0.3, 0.4) is 0 Å². The van der Waals surface area contributed by atoms with Crippen LogP contribution in [0.15, 0.2) is 6.33 Å². The predicted molar refractivity (Wildman–Crippen MR) is 48.4 cm³/mol. The van der Waals surface area contributed by atoms with E-state index in [-0.39, 0.29) is 12.4 Å². The molecule has 4 heteroatoms. The lowest BCUT2D eigenvalue weighted by molar-refractivity contribution is -0.139. The van der Waals surface area contributed by atoms with Crippen molar-refractivity contribution in [2.75, 3.05) is 7.11 Å². The highest BCUT2D eigenvalue weighted by Gasteiger charge is 2.09. The summed E-state index contributed by atoms with van der Waals surface area (Å²) in [7, 11) is 1.38. The monoisotopic (exact) mass is 182 g/mol. The first-order valence-corrected chi connectivity index (χ1v) is 4.26. The number of methoxy groups -OCH3 is 1. The summed E-state index contributed by atoms with van der Waals surface area (Å²) in [6.45, 7) is 4.87. The number of hydrogen-bond donors (Lipinski definition) is 0. The van der Waals surface area contributed by atoms with Crippen LogP contribution in [0.5, 0.6) is 0 Å². The zero-order chi connectivity index (χ0) is 9.84. The summed E-state index contributed by atoms with van der Waals surface area (Å²) in [5.41, 5.74) is 1.83. The quantitative estimate of drug-likeness (QED) is 0.653. The van der Waals surface area contributed by atoms with Gasteiger partial charge < -0.3 is 9.30 Å². The molecule has 4 nitrogen and oxygen atoms in total. The summed E-state index contributed by atoms with van der Waals surface area (Å²) >= 11 is 0. The Kier molecular flexibility index (Phi) is 3.06. The number of aromatic nitrogens is 2. The van der Waals surface area contributed by atoms with E-state index in [4.69, 9.17) is 0 Å². The summed E-state index contributed by atoms with van der Waals surface area (Å²) in [6, 6.07) is 0. The maximum atomic E-state index is 11.0. The number of rotatable bonds is 3. The van der Waals surface area contributed by atoms with Crippen molar-refractivity contribution in [1.29, 1.82) is 0 Å². The minimum Gasteiger partial charge on any atom is -0.469 e. The molecule has 0 unspecified atom stereocenters. The van der Waals surface area contributed by atoms with E-state index in [2.05, 4.69) is 9.72 Å². The third kappa shape index (κ3) is 2.08. The van der Waals surface area contributed by atoms with E-state index in [1.165, 1.54) is 7.11 Å². The number of carbonyl (C=O) groups is 1. The van der Waals surface area contributed by atoms with Gasteiger partial charge in [0.25, 0.3) is 0 Å². The Balaban J connectivity index is 2.78. The fourth-order valence-electron chi connectivity index (χ4n) is 1.19. The van der Waals surface area contributed by atoms with Gasteiger partial charge in [0.2, 0.25) is 0 Å². The van der Waals surface area contributed by atoms with Crippen LogP contribution in [-0.4, -0.2) is 22.6 Å². The van der Waals surface area contributed by atoms with Crippen molar-refractivity contribution in [2.45, 2.75) is 26.8 Å². The van der Waals surface area contributed by atoms with Crippen molar-refractivity contribution in [2.24, 2.45) is 0 Å². The Morgan fingerprint density at radius 3 is 2.85 bits per heavy atom. The smallest absolute Gasteiger partial charge is 0.311 e. The minimum absolute atomic E-state index is 0.246. The molecular formula is C9H14N2O2. The van der Waals surface area contributed by atoms with Gasteiger partial charge in [-0.3, -0.25) is 4.79 Å². The summed E-state index contributed by atoms with van der Waals surface area (Å²) in [6.07, 6.45) is 2.00. The molecule has 0 saturated carbocycles. The summed E-state index contributed by atoms with van der Waals surface area (Å²) in [5, 5.41) is 0. The van der Waals surface area contributed by atoms with Gasteiger partial charge in [-0.2, -0.15) is 0 Å². The molecular weight excluding hydrogens is 168 g/mol. The van der Waals surface area contributed by atoms with Gasteiger partial charge in [0, 0.05) is 12.2 Å². The molecule has 72 valence electrons. The molecule has 0 radical (unpaired) electrons. The number of imidazole rings is 1. The highest BCUT2D eigenvalue weighted by Crippen LogP contribution is 2.06. The van der Waals surface area contributed by atoms with Crippen LogP contribution in [0.2, 0.25) is 0 Å². The summed E-state index contributed by atoms with van der Waals surface area (Å²) in [5.74, 6) is -0.246. The SMILES string of the molecule is CCn1cnc(CC(=O)OC)c1C. The fourth-order valence-corrected chi connectivity index (χ4v) is 1.19. The predicted octanol–water partition coefficient (Wildman–Crippen LogP) is 0.927. The minimum atomic E-state index is -0.246. The second kappa shape index (κ2) is 4.07. The molecule has 0 fully saturated rings. The maximum Gasteiger partial charge on any atom is 0.311 e. The highest BCUT2D eigenvalue weighted by atomic mass is 16.5. The standard InChI is InChI=1S/C9H14N2O2/c1-4-11-6-10-8(7(11)2)5-9(12)13-3/h6H,4-5H2,1-3H3. The van der Waals surface area contributed by atoms with Crippen molar-refractivity contribution in [3.63, 3.8) is 0 Å². The Morgan fingerprint density at radius 2 is 2.38 bits per heavy atom. The van der Waals surface area contributed by atoms with Crippen molar-refractivity contribution in [3.05, 3.63) is 17.7 Å². The molecule has 0 aromatic carbocycles. The average Bonchev–Trinajstić information content (AvgIpc) is 2.48. The molecule has 0 aliphatic carbocycles. The molecule has 0 spiro atoms. The van der Waals surface area contributed by atoms with E-state index in [1.54, 1.807) is 6.33 Å². The van der Waals surface area contributed by atoms with Gasteiger partial charge >= 0.3 is 5.97 Å². The van der Waals surface area contributed by atoms with E-state index in [1.807, 2.05) is 18.4 Å². The second-order valence-corrected chi connectivity index (χ2v) is 2.82. The van der Waals surface area contributed by atoms with E-state index in [0.717, 1.165) is 17.9 Å². The first kappa shape index (κ1) is 9.77. The lowest BCUT2D eigenvalue weighted by Gasteiger charge is -2.01. The van der Waals surface area contributed by atoms with Gasteiger partial charge in [0.15, 0.2) is 0 Å². The molecule has 1 rings (SSSR count). The molecule has 13 heavy (non-hydrogen) atoms. The van der Waals surface area contributed by atoms with E-state index < -0.39 is 0 Å². The fraction of sp³-hybridized carbons (Fsp3) is 0.556. The number of esters is 1. The Bertz CT molecular complexity index is 305. The van der Waals surface area contributed by atoms with Gasteiger partial charge in [-0.05, 0) is 13.8 Å². The van der Waals surface area contributed by atoms with Crippen LogP contribution in [0.1, 0.15) is 18.3 Å². The number of ether oxygens (including phenoxy) is 1. The average molecular weight is 182 g/mol. The van der Waals surface area contributed by atoms with E-state index >= 15 is 0 Å². The first-order valence-electron chi connectivity index (χ1n) is 4.26. The van der Waals surface area contributed by atoms with Crippen LogP contribution in [0.4, 0.5) is 0 Å². The zero-order valence-corrected chi connectivity index (χ0v) is 8.20. The largest absolute Gasteiger partial charge is 0.469 e. The molecule has 1 aromatic heterocycles. The summed E-state index contributed by atoms with van der Waals surface area (Å²) < 4.78 is 6.56. The Morgan fingerprint density at radius 1 is 1.69 bits per heavy atom. The van der Waals surface area contributed by atoms with Gasteiger partial charge in [-0.25, -0.2) is 4.98 Å². The molecule has 0 aliphatic rings. The maximum absolute atomic E-state index is 11.0. The molecule has 0 bridgehead atoms. The van der Waals surface area contributed by atoms with Crippen LogP contribution >= 0.6 is 0 Å². The Labute approximate surface area is 77.5 Å². The van der Waals surface area contributed by atoms with Crippen LogP contribution in [0, 0.1) is 6.92 Å². The molecule has 0 atom stereocenters. The zero-order valence-electron chi connectivity index (χ0n) is 8.20. The second-order valence-electron chi connectivity index (χ2n) is 2.82. The van der Waals surface area contributed by atoms with E-state index in [9.17, 15) is 4.79 Å². The third-order valence-corrected chi connectivity index (χ3v) is 2.08. The topological polar surface area (TPSA) is 44.1 Å². The lowest BCUT2D eigenvalue weighted by Crippen LogP contribution is -2.06. The van der Waals surface area contributed by atoms with Crippen molar-refractivity contribution < 1.29 is 9.53 Å². The van der Waals surface area contributed by atoms with Gasteiger partial charge in [-0.1, -0.05) is 0 Å². The van der Waals surface area contributed by atoms with E-state index in [0.29, 0.717) is 0 Å². The third-order valence-electron chi connectivity index (χ3n) is 2.08. The summed E-state index contributed by atoms with van der Waals surface area (Å²) in [4.78, 5) is 15.1. The van der Waals surface area contributed by atoms with Crippen LogP contribution in [0.25, 0.3) is 0 Å². The molecule has 1 aromatic rings.